The number of likely N-dealkylation sites (N-methyl/N-ethyl adjacent to an activating group) is 1. The second-order valence-corrected chi connectivity index (χ2v) is 7.81. The number of rotatable bonds is 1. The molecule has 1 aromatic carbocycles. The zero-order valence-electron chi connectivity index (χ0n) is 15.0. The van der Waals surface area contributed by atoms with Gasteiger partial charge in [0.1, 0.15) is 0 Å². The van der Waals surface area contributed by atoms with Crippen molar-refractivity contribution in [1.29, 1.82) is 0 Å². The van der Waals surface area contributed by atoms with E-state index in [4.69, 9.17) is 0 Å². The molecule has 25 heavy (non-hydrogen) atoms. The van der Waals surface area contributed by atoms with E-state index in [9.17, 15) is 9.59 Å². The summed E-state index contributed by atoms with van der Waals surface area (Å²) in [6, 6.07) is 6.24. The third-order valence-corrected chi connectivity index (χ3v) is 6.36. The molecule has 0 aromatic heterocycles. The summed E-state index contributed by atoms with van der Waals surface area (Å²) in [7, 11) is 2.13. The second-order valence-electron chi connectivity index (χ2n) is 7.81. The van der Waals surface area contributed by atoms with E-state index in [0.717, 1.165) is 44.3 Å². The lowest BCUT2D eigenvalue weighted by atomic mass is 9.86. The van der Waals surface area contributed by atoms with Crippen LogP contribution in [-0.2, 0) is 17.6 Å². The molecule has 1 spiro atoms. The number of piperazine rings is 1. The van der Waals surface area contributed by atoms with Gasteiger partial charge in [0, 0.05) is 43.7 Å². The molecule has 3 aliphatic rings. The zero-order valence-corrected chi connectivity index (χ0v) is 15.0. The van der Waals surface area contributed by atoms with Crippen LogP contribution in [0.4, 0.5) is 0 Å². The third-order valence-electron chi connectivity index (χ3n) is 6.36. The fourth-order valence-corrected chi connectivity index (χ4v) is 4.66. The van der Waals surface area contributed by atoms with Gasteiger partial charge < -0.3 is 10.2 Å². The fourth-order valence-electron chi connectivity index (χ4n) is 4.66. The number of hydrogen-bond acceptors (Lipinski definition) is 3. The van der Waals surface area contributed by atoms with Crippen LogP contribution in [0, 0.1) is 0 Å². The molecular weight excluding hydrogens is 314 g/mol. The number of nitrogens with zero attached hydrogens (tertiary/aromatic N) is 2. The largest absolute Gasteiger partial charge is 0.356 e. The van der Waals surface area contributed by atoms with Gasteiger partial charge in [-0.05, 0) is 62.4 Å². The molecule has 2 aliphatic heterocycles. The first-order valence-electron chi connectivity index (χ1n) is 9.46. The molecular formula is C20H27N3O2. The van der Waals surface area contributed by atoms with Crippen molar-refractivity contribution in [3.63, 3.8) is 0 Å². The summed E-state index contributed by atoms with van der Waals surface area (Å²) in [6.07, 6.45) is 5.71. The van der Waals surface area contributed by atoms with Gasteiger partial charge in [-0.15, -0.1) is 0 Å². The van der Waals surface area contributed by atoms with E-state index in [-0.39, 0.29) is 17.4 Å². The van der Waals surface area contributed by atoms with E-state index in [0.29, 0.717) is 19.5 Å². The van der Waals surface area contributed by atoms with Crippen LogP contribution in [0.25, 0.3) is 0 Å². The third kappa shape index (κ3) is 3.06. The molecule has 2 heterocycles. The van der Waals surface area contributed by atoms with Crippen molar-refractivity contribution in [3.05, 3.63) is 34.9 Å². The van der Waals surface area contributed by atoms with Crippen LogP contribution in [0.2, 0.25) is 0 Å². The Bertz CT molecular complexity index is 702. The van der Waals surface area contributed by atoms with Gasteiger partial charge in [0.05, 0.1) is 0 Å². The van der Waals surface area contributed by atoms with Crippen molar-refractivity contribution in [2.75, 3.05) is 33.2 Å². The molecule has 134 valence electrons. The monoisotopic (exact) mass is 341 g/mol. The Labute approximate surface area is 149 Å². The van der Waals surface area contributed by atoms with Crippen LogP contribution in [0.5, 0.6) is 0 Å². The van der Waals surface area contributed by atoms with Gasteiger partial charge in [-0.2, -0.15) is 0 Å². The average Bonchev–Trinajstić information content (AvgIpc) is 3.01. The summed E-state index contributed by atoms with van der Waals surface area (Å²) in [5, 5.41) is 2.97. The molecule has 4 rings (SSSR count). The lowest BCUT2D eigenvalue weighted by molar-refractivity contribution is -0.121. The van der Waals surface area contributed by atoms with E-state index in [1.165, 1.54) is 17.5 Å². The molecule has 0 saturated carbocycles. The summed E-state index contributed by atoms with van der Waals surface area (Å²) in [5.41, 5.74) is 3.49. The maximum Gasteiger partial charge on any atom is 0.253 e. The first-order chi connectivity index (χ1) is 12.1. The number of fused-ring (bicyclic) bond motifs is 1. The Hall–Kier alpha value is -1.88. The highest BCUT2D eigenvalue weighted by Crippen LogP contribution is 2.31. The van der Waals surface area contributed by atoms with E-state index >= 15 is 0 Å². The van der Waals surface area contributed by atoms with E-state index in [2.05, 4.69) is 29.4 Å². The highest BCUT2D eigenvalue weighted by molar-refractivity contribution is 5.94. The van der Waals surface area contributed by atoms with E-state index < -0.39 is 0 Å². The molecule has 5 nitrogen and oxygen atoms in total. The van der Waals surface area contributed by atoms with Crippen molar-refractivity contribution in [1.82, 2.24) is 15.1 Å². The number of aryl methyl sites for hydroxylation is 2. The van der Waals surface area contributed by atoms with Crippen molar-refractivity contribution >= 4 is 11.8 Å². The summed E-state index contributed by atoms with van der Waals surface area (Å²) in [4.78, 5) is 29.2. The van der Waals surface area contributed by atoms with Crippen molar-refractivity contribution < 1.29 is 9.59 Å². The SMILES string of the molecule is CN1CCN(C(=O)c2ccc3c(c2)CCC3)CC12CCNC(=O)CC2. The fraction of sp³-hybridized carbons (Fsp3) is 0.600. The minimum Gasteiger partial charge on any atom is -0.356 e. The molecule has 2 saturated heterocycles. The standard InChI is InChI=1S/C20H27N3O2/c1-22-11-12-23(14-20(22)8-7-18(24)21-10-9-20)19(25)17-6-5-15-3-2-4-16(15)13-17/h5-6,13H,2-4,7-12,14H2,1H3,(H,21,24). The molecule has 5 heteroatoms. The average molecular weight is 341 g/mol. The summed E-state index contributed by atoms with van der Waals surface area (Å²) >= 11 is 0. The van der Waals surface area contributed by atoms with Crippen LogP contribution < -0.4 is 5.32 Å². The molecule has 1 N–H and O–H groups in total. The lowest BCUT2D eigenvalue weighted by Gasteiger charge is -2.49. The predicted molar refractivity (Wildman–Crippen MR) is 96.6 cm³/mol. The van der Waals surface area contributed by atoms with E-state index in [1.54, 1.807) is 0 Å². The highest BCUT2D eigenvalue weighted by atomic mass is 16.2. The number of carbonyl (C=O) groups excluding carboxylic acids is 2. The lowest BCUT2D eigenvalue weighted by Crippen LogP contribution is -2.62. The molecule has 1 aliphatic carbocycles. The highest BCUT2D eigenvalue weighted by Gasteiger charge is 2.42. The topological polar surface area (TPSA) is 52.6 Å². The summed E-state index contributed by atoms with van der Waals surface area (Å²) in [5.74, 6) is 0.276. The second kappa shape index (κ2) is 6.45. The van der Waals surface area contributed by atoms with Crippen LogP contribution in [0.3, 0.4) is 0 Å². The minimum absolute atomic E-state index is 0.0796. The molecule has 1 unspecified atom stereocenters. The number of amides is 2. The molecule has 0 radical (unpaired) electrons. The Kier molecular flexibility index (Phi) is 4.28. The molecule has 1 aromatic rings. The predicted octanol–water partition coefficient (Wildman–Crippen LogP) is 1.60. The Morgan fingerprint density at radius 2 is 1.96 bits per heavy atom. The maximum absolute atomic E-state index is 13.1. The zero-order chi connectivity index (χ0) is 17.4. The van der Waals surface area contributed by atoms with Crippen LogP contribution >= 0.6 is 0 Å². The quantitative estimate of drug-likeness (QED) is 0.844. The van der Waals surface area contributed by atoms with Gasteiger partial charge in [-0.3, -0.25) is 14.5 Å². The minimum atomic E-state index is -0.0796. The van der Waals surface area contributed by atoms with Crippen molar-refractivity contribution in [2.45, 2.75) is 44.1 Å². The molecule has 1 atom stereocenters. The molecule has 2 amide bonds. The number of benzene rings is 1. The molecule has 0 bridgehead atoms. The van der Waals surface area contributed by atoms with Crippen LogP contribution in [-0.4, -0.2) is 60.4 Å². The smallest absolute Gasteiger partial charge is 0.253 e. The maximum atomic E-state index is 13.1. The van der Waals surface area contributed by atoms with Gasteiger partial charge in [0.2, 0.25) is 5.91 Å². The van der Waals surface area contributed by atoms with Gasteiger partial charge >= 0.3 is 0 Å². The first-order valence-corrected chi connectivity index (χ1v) is 9.46. The van der Waals surface area contributed by atoms with Crippen molar-refractivity contribution in [3.8, 4) is 0 Å². The van der Waals surface area contributed by atoms with Crippen LogP contribution in [0.1, 0.15) is 47.2 Å². The number of nitrogens with one attached hydrogen (secondary N) is 1. The Morgan fingerprint density at radius 1 is 1.12 bits per heavy atom. The van der Waals surface area contributed by atoms with Gasteiger partial charge in [-0.1, -0.05) is 6.07 Å². The normalized spacial score (nSPS) is 27.1. The number of carbonyl (C=O) groups is 2. The Balaban J connectivity index is 1.54. The van der Waals surface area contributed by atoms with Gasteiger partial charge in [-0.25, -0.2) is 0 Å². The van der Waals surface area contributed by atoms with E-state index in [1.807, 2.05) is 11.0 Å². The van der Waals surface area contributed by atoms with Crippen molar-refractivity contribution in [2.24, 2.45) is 0 Å². The van der Waals surface area contributed by atoms with Gasteiger partial charge in [0.25, 0.3) is 5.91 Å². The summed E-state index contributed by atoms with van der Waals surface area (Å²) in [6.45, 7) is 3.04. The Morgan fingerprint density at radius 3 is 2.84 bits per heavy atom. The summed E-state index contributed by atoms with van der Waals surface area (Å²) < 4.78 is 0. The molecule has 2 fully saturated rings. The van der Waals surface area contributed by atoms with Gasteiger partial charge in [0.15, 0.2) is 0 Å². The van der Waals surface area contributed by atoms with Crippen LogP contribution in [0.15, 0.2) is 18.2 Å². The first kappa shape index (κ1) is 16.6. The number of hydrogen-bond donors (Lipinski definition) is 1.